The number of hydrogen-bond donors (Lipinski definition) is 1. The van der Waals surface area contributed by atoms with E-state index in [0.29, 0.717) is 0 Å². The summed E-state index contributed by atoms with van der Waals surface area (Å²) < 4.78 is 0. The smallest absolute Gasteiger partial charge is 0.235 e. The molecule has 9 heavy (non-hydrogen) atoms. The van der Waals surface area contributed by atoms with Crippen LogP contribution in [0.15, 0.2) is 0 Å². The van der Waals surface area contributed by atoms with Crippen molar-refractivity contribution in [1.29, 1.82) is 5.26 Å². The number of amides is 1. The van der Waals surface area contributed by atoms with Gasteiger partial charge in [0.1, 0.15) is 5.92 Å². The summed E-state index contributed by atoms with van der Waals surface area (Å²) in [4.78, 5) is 10.4. The standard InChI is InChI=1S/C6H10N2O/c1-4(2)5(3-7)6(8)9/h4-5H,1-2H3,(H2,8,9)/t5-/m0/s1. The molecule has 0 saturated carbocycles. The number of hydrogen-bond acceptors (Lipinski definition) is 2. The molecule has 3 heteroatoms. The monoisotopic (exact) mass is 126 g/mol. The highest BCUT2D eigenvalue weighted by Gasteiger charge is 2.17. The zero-order valence-electron chi connectivity index (χ0n) is 5.59. The number of carbonyl (C=O) groups excluding carboxylic acids is 1. The average molecular weight is 126 g/mol. The van der Waals surface area contributed by atoms with Crippen molar-refractivity contribution < 1.29 is 4.79 Å². The van der Waals surface area contributed by atoms with E-state index >= 15 is 0 Å². The number of carbonyl (C=O) groups is 1. The summed E-state index contributed by atoms with van der Waals surface area (Å²) >= 11 is 0. The first kappa shape index (κ1) is 7.96. The van der Waals surface area contributed by atoms with Gasteiger partial charge in [-0.1, -0.05) is 13.8 Å². The molecule has 0 radical (unpaired) electrons. The normalized spacial score (nSPS) is 12.7. The molecule has 0 bridgehead atoms. The highest BCUT2D eigenvalue weighted by molar-refractivity contribution is 5.79. The molecule has 0 aromatic rings. The zero-order valence-corrected chi connectivity index (χ0v) is 5.59. The van der Waals surface area contributed by atoms with Gasteiger partial charge in [0.05, 0.1) is 6.07 Å². The van der Waals surface area contributed by atoms with Gasteiger partial charge in [-0.25, -0.2) is 0 Å². The fourth-order valence-electron chi connectivity index (χ4n) is 0.541. The second-order valence-corrected chi connectivity index (χ2v) is 2.25. The molecular weight excluding hydrogens is 116 g/mol. The topological polar surface area (TPSA) is 66.9 Å². The number of nitrogens with zero attached hydrogens (tertiary/aromatic N) is 1. The zero-order chi connectivity index (χ0) is 7.44. The molecule has 0 rings (SSSR count). The minimum atomic E-state index is -0.634. The second-order valence-electron chi connectivity index (χ2n) is 2.25. The quantitative estimate of drug-likeness (QED) is 0.577. The molecule has 1 amide bonds. The van der Waals surface area contributed by atoms with Crippen LogP contribution < -0.4 is 5.73 Å². The van der Waals surface area contributed by atoms with Crippen molar-refractivity contribution in [3.05, 3.63) is 0 Å². The van der Waals surface area contributed by atoms with E-state index in [9.17, 15) is 4.79 Å². The molecule has 3 nitrogen and oxygen atoms in total. The molecule has 2 N–H and O–H groups in total. The van der Waals surface area contributed by atoms with Crippen LogP contribution in [0, 0.1) is 23.2 Å². The summed E-state index contributed by atoms with van der Waals surface area (Å²) in [6.45, 7) is 3.58. The van der Waals surface area contributed by atoms with Crippen LogP contribution in [-0.4, -0.2) is 5.91 Å². The first-order valence-electron chi connectivity index (χ1n) is 2.78. The number of nitrogens with two attached hydrogens (primary N) is 1. The molecule has 1 atom stereocenters. The molecule has 0 fully saturated rings. The van der Waals surface area contributed by atoms with Crippen molar-refractivity contribution >= 4 is 5.91 Å². The van der Waals surface area contributed by atoms with E-state index < -0.39 is 11.8 Å². The van der Waals surface area contributed by atoms with Gasteiger partial charge in [0.2, 0.25) is 5.91 Å². The van der Waals surface area contributed by atoms with E-state index in [4.69, 9.17) is 11.0 Å². The summed E-state index contributed by atoms with van der Waals surface area (Å²) in [6.07, 6.45) is 0. The van der Waals surface area contributed by atoms with E-state index in [2.05, 4.69) is 0 Å². The fraction of sp³-hybridized carbons (Fsp3) is 0.667. The molecule has 0 saturated heterocycles. The molecule has 0 spiro atoms. The van der Waals surface area contributed by atoms with Crippen molar-refractivity contribution in [3.63, 3.8) is 0 Å². The number of rotatable bonds is 2. The van der Waals surface area contributed by atoms with Gasteiger partial charge in [0.15, 0.2) is 0 Å². The van der Waals surface area contributed by atoms with Gasteiger partial charge in [-0.15, -0.1) is 0 Å². The highest BCUT2D eigenvalue weighted by atomic mass is 16.1. The molecule has 50 valence electrons. The maximum atomic E-state index is 10.4. The third kappa shape index (κ3) is 2.13. The Morgan fingerprint density at radius 1 is 1.67 bits per heavy atom. The van der Waals surface area contributed by atoms with Gasteiger partial charge in [0, 0.05) is 0 Å². The van der Waals surface area contributed by atoms with Crippen molar-refractivity contribution in [3.8, 4) is 6.07 Å². The Labute approximate surface area is 54.5 Å². The Morgan fingerprint density at radius 3 is 2.11 bits per heavy atom. The summed E-state index contributed by atoms with van der Waals surface area (Å²) in [5.41, 5.74) is 4.89. The number of nitriles is 1. The number of primary amides is 1. The lowest BCUT2D eigenvalue weighted by atomic mass is 9.97. The first-order valence-corrected chi connectivity index (χ1v) is 2.78. The van der Waals surface area contributed by atoms with Crippen LogP contribution in [-0.2, 0) is 4.79 Å². The molecule has 0 aromatic carbocycles. The third-order valence-corrected chi connectivity index (χ3v) is 1.11. The van der Waals surface area contributed by atoms with E-state index in [1.165, 1.54) is 0 Å². The SMILES string of the molecule is CC(C)[C@H](C#N)C(N)=O. The maximum Gasteiger partial charge on any atom is 0.235 e. The van der Waals surface area contributed by atoms with Crippen LogP contribution in [0.4, 0.5) is 0 Å². The van der Waals surface area contributed by atoms with Gasteiger partial charge in [-0.2, -0.15) is 5.26 Å². The fourth-order valence-corrected chi connectivity index (χ4v) is 0.541. The van der Waals surface area contributed by atoms with E-state index in [-0.39, 0.29) is 5.92 Å². The van der Waals surface area contributed by atoms with Crippen LogP contribution in [0.25, 0.3) is 0 Å². The Morgan fingerprint density at radius 2 is 2.11 bits per heavy atom. The molecule has 0 aliphatic carbocycles. The predicted molar refractivity (Wildman–Crippen MR) is 33.1 cm³/mol. The van der Waals surface area contributed by atoms with Crippen LogP contribution in [0.5, 0.6) is 0 Å². The summed E-state index contributed by atoms with van der Waals surface area (Å²) in [5, 5.41) is 8.32. The Kier molecular flexibility index (Phi) is 2.72. The summed E-state index contributed by atoms with van der Waals surface area (Å²) in [7, 11) is 0. The Balaban J connectivity index is 4.04. The van der Waals surface area contributed by atoms with Gasteiger partial charge in [-0.05, 0) is 5.92 Å². The second kappa shape index (κ2) is 3.08. The van der Waals surface area contributed by atoms with Crippen molar-refractivity contribution in [2.75, 3.05) is 0 Å². The van der Waals surface area contributed by atoms with Gasteiger partial charge in [0.25, 0.3) is 0 Å². The van der Waals surface area contributed by atoms with E-state index in [1.807, 2.05) is 6.07 Å². The lowest BCUT2D eigenvalue weighted by molar-refractivity contribution is -0.121. The highest BCUT2D eigenvalue weighted by Crippen LogP contribution is 2.07. The third-order valence-electron chi connectivity index (χ3n) is 1.11. The lowest BCUT2D eigenvalue weighted by Gasteiger charge is -2.06. The minimum absolute atomic E-state index is 0.0208. The molecular formula is C6H10N2O. The molecule has 0 aliphatic rings. The van der Waals surface area contributed by atoms with Crippen molar-refractivity contribution in [2.24, 2.45) is 17.6 Å². The average Bonchev–Trinajstić information content (AvgIpc) is 1.64. The van der Waals surface area contributed by atoms with Crippen molar-refractivity contribution in [2.45, 2.75) is 13.8 Å². The first-order chi connectivity index (χ1) is 4.09. The molecule has 0 aliphatic heterocycles. The van der Waals surface area contributed by atoms with Crippen LogP contribution in [0.1, 0.15) is 13.8 Å². The minimum Gasteiger partial charge on any atom is -0.369 e. The van der Waals surface area contributed by atoms with Gasteiger partial charge in [-0.3, -0.25) is 4.79 Å². The molecule has 0 aromatic heterocycles. The lowest BCUT2D eigenvalue weighted by Crippen LogP contribution is -2.25. The maximum absolute atomic E-state index is 10.4. The van der Waals surface area contributed by atoms with Crippen LogP contribution in [0.3, 0.4) is 0 Å². The van der Waals surface area contributed by atoms with E-state index in [1.54, 1.807) is 13.8 Å². The Bertz CT molecular complexity index is 146. The summed E-state index contributed by atoms with van der Waals surface area (Å²) in [5.74, 6) is -1.15. The van der Waals surface area contributed by atoms with E-state index in [0.717, 1.165) is 0 Å². The molecule has 0 unspecified atom stereocenters. The molecule has 0 heterocycles. The largest absolute Gasteiger partial charge is 0.369 e. The predicted octanol–water partition coefficient (Wildman–Crippen LogP) is 0.267. The summed E-state index contributed by atoms with van der Waals surface area (Å²) in [6, 6.07) is 1.83. The Hall–Kier alpha value is -1.04. The van der Waals surface area contributed by atoms with Crippen LogP contribution >= 0.6 is 0 Å². The van der Waals surface area contributed by atoms with Gasteiger partial charge < -0.3 is 5.73 Å². The van der Waals surface area contributed by atoms with Gasteiger partial charge >= 0.3 is 0 Å². The van der Waals surface area contributed by atoms with Crippen molar-refractivity contribution in [1.82, 2.24) is 0 Å². The van der Waals surface area contributed by atoms with Crippen LogP contribution in [0.2, 0.25) is 0 Å².